The van der Waals surface area contributed by atoms with E-state index in [-0.39, 0.29) is 11.6 Å². The number of anilines is 1. The van der Waals surface area contributed by atoms with Crippen molar-refractivity contribution < 1.29 is 22.8 Å². The van der Waals surface area contributed by atoms with Crippen LogP contribution < -0.4 is 16.4 Å². The molecule has 25 heavy (non-hydrogen) atoms. The molecule has 0 unspecified atom stereocenters. The summed E-state index contributed by atoms with van der Waals surface area (Å²) < 4.78 is 38.2. The van der Waals surface area contributed by atoms with Crippen molar-refractivity contribution in [1.29, 1.82) is 0 Å². The van der Waals surface area contributed by atoms with Gasteiger partial charge in [0.05, 0.1) is 5.56 Å². The van der Waals surface area contributed by atoms with E-state index >= 15 is 0 Å². The first-order chi connectivity index (χ1) is 11.6. The summed E-state index contributed by atoms with van der Waals surface area (Å²) in [5.41, 5.74) is 4.71. The molecule has 3 amide bonds. The molecule has 0 saturated carbocycles. The average molecular weight is 372 g/mol. The van der Waals surface area contributed by atoms with E-state index in [0.29, 0.717) is 10.4 Å². The van der Waals surface area contributed by atoms with Gasteiger partial charge in [0.15, 0.2) is 5.13 Å². The van der Waals surface area contributed by atoms with E-state index in [9.17, 15) is 22.8 Å². The number of benzene rings is 1. The van der Waals surface area contributed by atoms with Crippen LogP contribution >= 0.6 is 11.3 Å². The topological polar surface area (TPSA) is 97.1 Å². The van der Waals surface area contributed by atoms with Gasteiger partial charge in [-0.1, -0.05) is 18.2 Å². The Morgan fingerprint density at radius 1 is 1.36 bits per heavy atom. The highest BCUT2D eigenvalue weighted by molar-refractivity contribution is 7.15. The van der Waals surface area contributed by atoms with Gasteiger partial charge in [-0.2, -0.15) is 13.2 Å². The Kier molecular flexibility index (Phi) is 5.62. The molecule has 1 aromatic heterocycles. The molecule has 2 rings (SSSR count). The monoisotopic (exact) mass is 372 g/mol. The highest BCUT2D eigenvalue weighted by Gasteiger charge is 2.30. The van der Waals surface area contributed by atoms with Crippen LogP contribution in [0.5, 0.6) is 0 Å². The predicted molar refractivity (Wildman–Crippen MR) is 87.2 cm³/mol. The van der Waals surface area contributed by atoms with Crippen molar-refractivity contribution in [1.82, 2.24) is 10.3 Å². The molecule has 1 aromatic carbocycles. The van der Waals surface area contributed by atoms with Crippen LogP contribution in [0.25, 0.3) is 0 Å². The van der Waals surface area contributed by atoms with E-state index in [0.717, 1.165) is 23.5 Å². The number of amides is 3. The molecule has 0 aliphatic rings. The Morgan fingerprint density at radius 3 is 2.72 bits per heavy atom. The minimum atomic E-state index is -4.40. The number of alkyl halides is 3. The van der Waals surface area contributed by atoms with Gasteiger partial charge in [-0.15, -0.1) is 11.3 Å². The minimum Gasteiger partial charge on any atom is -0.352 e. The Morgan fingerprint density at radius 2 is 2.08 bits per heavy atom. The molecule has 2 aromatic rings. The van der Waals surface area contributed by atoms with Gasteiger partial charge < -0.3 is 16.4 Å². The molecular formula is C15H15F3N4O2S. The van der Waals surface area contributed by atoms with E-state index < -0.39 is 29.7 Å². The maximum atomic E-state index is 12.7. The zero-order valence-electron chi connectivity index (χ0n) is 13.1. The van der Waals surface area contributed by atoms with Crippen molar-refractivity contribution in [3.05, 3.63) is 46.5 Å². The molecule has 0 fully saturated rings. The third-order valence-electron chi connectivity index (χ3n) is 3.17. The number of carbonyl (C=O) groups is 2. The first kappa shape index (κ1) is 18.7. The van der Waals surface area contributed by atoms with Gasteiger partial charge in [-0.05, 0) is 18.6 Å². The summed E-state index contributed by atoms with van der Waals surface area (Å²) in [7, 11) is 0. The second kappa shape index (κ2) is 7.51. The number of carbonyl (C=O) groups excluding carboxylic acids is 2. The second-order valence-corrected chi connectivity index (χ2v) is 6.34. The smallest absolute Gasteiger partial charge is 0.352 e. The SMILES string of the molecule is C[C@@H](NC(N)=O)C(=O)Nc1ncc(Cc2cccc(C(F)(F)F)c2)s1. The van der Waals surface area contributed by atoms with Crippen LogP contribution in [0.15, 0.2) is 30.5 Å². The van der Waals surface area contributed by atoms with Gasteiger partial charge in [0.2, 0.25) is 5.91 Å². The van der Waals surface area contributed by atoms with Crippen LogP contribution in [0.1, 0.15) is 22.9 Å². The van der Waals surface area contributed by atoms with Crippen molar-refractivity contribution in [2.75, 3.05) is 5.32 Å². The number of nitrogens with one attached hydrogen (secondary N) is 2. The fourth-order valence-corrected chi connectivity index (χ4v) is 2.85. The van der Waals surface area contributed by atoms with Gasteiger partial charge in [-0.25, -0.2) is 9.78 Å². The number of rotatable bonds is 5. The van der Waals surface area contributed by atoms with Crippen LogP contribution in [-0.2, 0) is 17.4 Å². The maximum Gasteiger partial charge on any atom is 0.416 e. The fourth-order valence-electron chi connectivity index (χ4n) is 2.00. The lowest BCUT2D eigenvalue weighted by Crippen LogP contribution is -2.44. The number of nitrogens with zero attached hydrogens (tertiary/aromatic N) is 1. The Bertz CT molecular complexity index is 776. The number of hydrogen-bond acceptors (Lipinski definition) is 4. The molecule has 0 aliphatic heterocycles. The van der Waals surface area contributed by atoms with Gasteiger partial charge in [0.1, 0.15) is 6.04 Å². The number of primary amides is 1. The lowest BCUT2D eigenvalue weighted by molar-refractivity contribution is -0.137. The zero-order chi connectivity index (χ0) is 18.6. The number of thiazole rings is 1. The summed E-state index contributed by atoms with van der Waals surface area (Å²) in [6.45, 7) is 1.46. The first-order valence-electron chi connectivity index (χ1n) is 7.13. The molecule has 134 valence electrons. The summed E-state index contributed by atoms with van der Waals surface area (Å²) in [4.78, 5) is 27.2. The summed E-state index contributed by atoms with van der Waals surface area (Å²) in [6.07, 6.45) is -2.66. The van der Waals surface area contributed by atoms with Crippen molar-refractivity contribution in [3.63, 3.8) is 0 Å². The third kappa shape index (κ3) is 5.45. The molecule has 4 N–H and O–H groups in total. The number of urea groups is 1. The van der Waals surface area contributed by atoms with Gasteiger partial charge >= 0.3 is 12.2 Å². The standard InChI is InChI=1S/C15H15F3N4O2S/c1-8(21-13(19)24)12(23)22-14-20-7-11(25-14)6-9-3-2-4-10(5-9)15(16,17)18/h2-5,7-8H,6H2,1H3,(H3,19,21,24)(H,20,22,23)/t8-/m1/s1. The molecule has 6 nitrogen and oxygen atoms in total. The lowest BCUT2D eigenvalue weighted by Gasteiger charge is -2.10. The molecule has 1 heterocycles. The van der Waals surface area contributed by atoms with Crippen LogP contribution in [0.2, 0.25) is 0 Å². The number of aromatic nitrogens is 1. The summed E-state index contributed by atoms with van der Waals surface area (Å²) in [5, 5.41) is 5.02. The Hall–Kier alpha value is -2.62. The average Bonchev–Trinajstić information content (AvgIpc) is 2.93. The fraction of sp³-hybridized carbons (Fsp3) is 0.267. The van der Waals surface area contributed by atoms with Crippen LogP contribution in [-0.4, -0.2) is 23.0 Å². The lowest BCUT2D eigenvalue weighted by atomic mass is 10.1. The van der Waals surface area contributed by atoms with E-state index in [1.807, 2.05) is 0 Å². The summed E-state index contributed by atoms with van der Waals surface area (Å²) in [6, 6.07) is 3.36. The Balaban J connectivity index is 2.02. The quantitative estimate of drug-likeness (QED) is 0.753. The highest BCUT2D eigenvalue weighted by atomic mass is 32.1. The predicted octanol–water partition coefficient (Wildman–Crippen LogP) is 2.75. The molecule has 0 spiro atoms. The second-order valence-electron chi connectivity index (χ2n) is 5.23. The number of hydrogen-bond donors (Lipinski definition) is 3. The van der Waals surface area contributed by atoms with E-state index in [1.165, 1.54) is 19.2 Å². The maximum absolute atomic E-state index is 12.7. The molecule has 0 aliphatic carbocycles. The van der Waals surface area contributed by atoms with Crippen molar-refractivity contribution >= 4 is 28.4 Å². The molecule has 0 saturated heterocycles. The summed E-state index contributed by atoms with van der Waals surface area (Å²) >= 11 is 1.14. The third-order valence-corrected chi connectivity index (χ3v) is 4.08. The van der Waals surface area contributed by atoms with E-state index in [4.69, 9.17) is 5.73 Å². The molecular weight excluding hydrogens is 357 g/mol. The Labute approximate surface area is 145 Å². The molecule has 10 heteroatoms. The number of halogens is 3. The van der Waals surface area contributed by atoms with Gasteiger partial charge in [0, 0.05) is 17.5 Å². The van der Waals surface area contributed by atoms with Crippen molar-refractivity contribution in [2.24, 2.45) is 5.73 Å². The number of nitrogens with two attached hydrogens (primary N) is 1. The van der Waals surface area contributed by atoms with Gasteiger partial charge in [-0.3, -0.25) is 4.79 Å². The zero-order valence-corrected chi connectivity index (χ0v) is 13.9. The van der Waals surface area contributed by atoms with Crippen molar-refractivity contribution in [3.8, 4) is 0 Å². The van der Waals surface area contributed by atoms with Crippen LogP contribution in [0.4, 0.5) is 23.1 Å². The van der Waals surface area contributed by atoms with E-state index in [2.05, 4.69) is 15.6 Å². The van der Waals surface area contributed by atoms with E-state index in [1.54, 1.807) is 6.07 Å². The molecule has 0 radical (unpaired) electrons. The highest BCUT2D eigenvalue weighted by Crippen LogP contribution is 2.30. The largest absolute Gasteiger partial charge is 0.416 e. The summed E-state index contributed by atoms with van der Waals surface area (Å²) in [5.74, 6) is -0.501. The van der Waals surface area contributed by atoms with Gasteiger partial charge in [0.25, 0.3) is 0 Å². The van der Waals surface area contributed by atoms with Crippen LogP contribution in [0, 0.1) is 0 Å². The first-order valence-corrected chi connectivity index (χ1v) is 7.94. The normalized spacial score (nSPS) is 12.5. The van der Waals surface area contributed by atoms with Crippen LogP contribution in [0.3, 0.4) is 0 Å². The minimum absolute atomic E-state index is 0.256. The molecule has 0 bridgehead atoms. The van der Waals surface area contributed by atoms with Crippen molar-refractivity contribution in [2.45, 2.75) is 25.6 Å². The molecule has 1 atom stereocenters.